The fraction of sp³-hybridized carbons (Fsp3) is 0.222. The molecule has 124 valence electrons. The Morgan fingerprint density at radius 1 is 0.875 bits per heavy atom. The molecule has 0 aliphatic rings. The molecule has 2 aromatic carbocycles. The average molecular weight is 325 g/mol. The molecule has 1 heterocycles. The van der Waals surface area contributed by atoms with Crippen molar-refractivity contribution in [3.63, 3.8) is 0 Å². The molecule has 0 aliphatic carbocycles. The summed E-state index contributed by atoms with van der Waals surface area (Å²) < 4.78 is 13.0. The van der Waals surface area contributed by atoms with Crippen molar-refractivity contribution in [1.29, 1.82) is 0 Å². The number of rotatable bonds is 8. The maximum atomic E-state index is 9.92. The average Bonchev–Trinajstić information content (AvgIpc) is 3.13. The third kappa shape index (κ3) is 4.82. The van der Waals surface area contributed by atoms with Crippen LogP contribution < -0.4 is 9.47 Å². The molecular weight excluding hydrogens is 306 g/mol. The molecule has 0 amide bonds. The van der Waals surface area contributed by atoms with E-state index < -0.39 is 6.10 Å². The van der Waals surface area contributed by atoms with E-state index >= 15 is 0 Å². The maximum absolute atomic E-state index is 9.92. The van der Waals surface area contributed by atoms with E-state index in [1.54, 1.807) is 17.2 Å². The monoisotopic (exact) mass is 325 g/mol. The highest BCUT2D eigenvalue weighted by Gasteiger charge is 2.06. The predicted octanol–water partition coefficient (Wildman–Crippen LogP) is 2.30. The zero-order valence-corrected chi connectivity index (χ0v) is 13.2. The van der Waals surface area contributed by atoms with E-state index in [1.165, 1.54) is 0 Å². The molecule has 0 fully saturated rings. The standard InChI is InChI=1S/C18H19N3O3/c22-16(10-21-13-19-20-14-21)12-24-18-8-6-17(7-9-18)23-11-15-4-2-1-3-5-15/h1-9,13-14,16,22H,10-12H2. The van der Waals surface area contributed by atoms with Gasteiger partial charge in [0.2, 0.25) is 0 Å². The molecule has 0 saturated heterocycles. The first-order chi connectivity index (χ1) is 11.8. The second kappa shape index (κ2) is 8.12. The SMILES string of the molecule is OC(COc1ccc(OCc2ccccc2)cc1)Cn1cnnc1. The Balaban J connectivity index is 1.44. The lowest BCUT2D eigenvalue weighted by atomic mass is 10.2. The van der Waals surface area contributed by atoms with Gasteiger partial charge in [-0.25, -0.2) is 0 Å². The van der Waals surface area contributed by atoms with Crippen molar-refractivity contribution in [3.8, 4) is 11.5 Å². The molecule has 3 aromatic rings. The van der Waals surface area contributed by atoms with Gasteiger partial charge < -0.3 is 19.1 Å². The first-order valence-corrected chi connectivity index (χ1v) is 7.69. The summed E-state index contributed by atoms with van der Waals surface area (Å²) in [6.45, 7) is 1.12. The van der Waals surface area contributed by atoms with E-state index in [0.717, 1.165) is 11.3 Å². The van der Waals surface area contributed by atoms with Gasteiger partial charge in [-0.05, 0) is 29.8 Å². The summed E-state index contributed by atoms with van der Waals surface area (Å²) in [6.07, 6.45) is 2.49. The quantitative estimate of drug-likeness (QED) is 0.688. The second-order valence-corrected chi connectivity index (χ2v) is 5.37. The molecule has 6 heteroatoms. The zero-order valence-electron chi connectivity index (χ0n) is 13.2. The van der Waals surface area contributed by atoms with Gasteiger partial charge >= 0.3 is 0 Å². The number of ether oxygens (including phenoxy) is 2. The lowest BCUT2D eigenvalue weighted by Gasteiger charge is -2.13. The molecule has 1 unspecified atom stereocenters. The molecule has 0 saturated carbocycles. The van der Waals surface area contributed by atoms with E-state index in [0.29, 0.717) is 18.9 Å². The van der Waals surface area contributed by atoms with Crippen molar-refractivity contribution >= 4 is 0 Å². The number of aromatic nitrogens is 3. The van der Waals surface area contributed by atoms with Crippen LogP contribution in [-0.2, 0) is 13.2 Å². The zero-order chi connectivity index (χ0) is 16.6. The van der Waals surface area contributed by atoms with Crippen molar-refractivity contribution in [3.05, 3.63) is 72.8 Å². The molecule has 24 heavy (non-hydrogen) atoms. The van der Waals surface area contributed by atoms with Crippen molar-refractivity contribution in [2.75, 3.05) is 6.61 Å². The predicted molar refractivity (Wildman–Crippen MR) is 88.7 cm³/mol. The smallest absolute Gasteiger partial charge is 0.120 e. The molecule has 0 spiro atoms. The maximum Gasteiger partial charge on any atom is 0.120 e. The Bertz CT molecular complexity index is 715. The van der Waals surface area contributed by atoms with Crippen molar-refractivity contribution in [1.82, 2.24) is 14.8 Å². The summed E-state index contributed by atoms with van der Waals surface area (Å²) in [7, 11) is 0. The summed E-state index contributed by atoms with van der Waals surface area (Å²) in [5.41, 5.74) is 1.12. The van der Waals surface area contributed by atoms with Gasteiger partial charge in [0.05, 0.1) is 6.54 Å². The Morgan fingerprint density at radius 3 is 2.17 bits per heavy atom. The molecule has 0 bridgehead atoms. The normalized spacial score (nSPS) is 11.9. The minimum absolute atomic E-state index is 0.197. The summed E-state index contributed by atoms with van der Waals surface area (Å²) in [5.74, 6) is 1.46. The Kier molecular flexibility index (Phi) is 5.42. The number of benzene rings is 2. The van der Waals surface area contributed by atoms with Crippen molar-refractivity contribution < 1.29 is 14.6 Å². The Labute approximate surface area is 140 Å². The van der Waals surface area contributed by atoms with E-state index in [2.05, 4.69) is 10.2 Å². The molecule has 1 aromatic heterocycles. The lowest BCUT2D eigenvalue weighted by molar-refractivity contribution is 0.0923. The van der Waals surface area contributed by atoms with Gasteiger partial charge in [-0.15, -0.1) is 10.2 Å². The molecule has 0 aliphatic heterocycles. The molecule has 6 nitrogen and oxygen atoms in total. The molecule has 3 rings (SSSR count). The summed E-state index contributed by atoms with van der Waals surface area (Å²) in [6, 6.07) is 17.4. The first kappa shape index (κ1) is 16.0. The largest absolute Gasteiger partial charge is 0.491 e. The summed E-state index contributed by atoms with van der Waals surface area (Å²) in [5, 5.41) is 17.3. The second-order valence-electron chi connectivity index (χ2n) is 5.37. The molecular formula is C18H19N3O3. The van der Waals surface area contributed by atoms with Crippen LogP contribution in [0.5, 0.6) is 11.5 Å². The van der Waals surface area contributed by atoms with Gasteiger partial charge in [0.25, 0.3) is 0 Å². The summed E-state index contributed by atoms with van der Waals surface area (Å²) in [4.78, 5) is 0. The van der Waals surface area contributed by atoms with Gasteiger partial charge in [-0.3, -0.25) is 0 Å². The highest BCUT2D eigenvalue weighted by molar-refractivity contribution is 5.31. The van der Waals surface area contributed by atoms with Gasteiger partial charge in [0, 0.05) is 0 Å². The number of nitrogens with zero attached hydrogens (tertiary/aromatic N) is 3. The van der Waals surface area contributed by atoms with Crippen LogP contribution in [0.15, 0.2) is 67.3 Å². The third-order valence-electron chi connectivity index (χ3n) is 3.40. The van der Waals surface area contributed by atoms with Crippen LogP contribution in [0.1, 0.15) is 5.56 Å². The Hall–Kier alpha value is -2.86. The van der Waals surface area contributed by atoms with Crippen LogP contribution in [-0.4, -0.2) is 32.6 Å². The van der Waals surface area contributed by atoms with Gasteiger partial charge in [-0.2, -0.15) is 0 Å². The highest BCUT2D eigenvalue weighted by atomic mass is 16.5. The fourth-order valence-electron chi connectivity index (χ4n) is 2.18. The Morgan fingerprint density at radius 2 is 1.50 bits per heavy atom. The van der Waals surface area contributed by atoms with Gasteiger partial charge in [0.1, 0.15) is 43.5 Å². The first-order valence-electron chi connectivity index (χ1n) is 7.69. The van der Waals surface area contributed by atoms with Crippen LogP contribution >= 0.6 is 0 Å². The molecule has 0 radical (unpaired) electrons. The van der Waals surface area contributed by atoms with Crippen LogP contribution in [0.2, 0.25) is 0 Å². The topological polar surface area (TPSA) is 69.4 Å². The van der Waals surface area contributed by atoms with E-state index in [4.69, 9.17) is 9.47 Å². The molecule has 1 atom stereocenters. The molecule has 1 N–H and O–H groups in total. The minimum atomic E-state index is -0.630. The van der Waals surface area contributed by atoms with Crippen LogP contribution in [0, 0.1) is 0 Å². The van der Waals surface area contributed by atoms with Gasteiger partial charge in [0.15, 0.2) is 0 Å². The van der Waals surface area contributed by atoms with E-state index in [1.807, 2.05) is 54.6 Å². The van der Waals surface area contributed by atoms with Crippen molar-refractivity contribution in [2.24, 2.45) is 0 Å². The number of aliphatic hydroxyl groups is 1. The number of hydrogen-bond donors (Lipinski definition) is 1. The van der Waals surface area contributed by atoms with Crippen molar-refractivity contribution in [2.45, 2.75) is 19.3 Å². The van der Waals surface area contributed by atoms with Crippen LogP contribution in [0.4, 0.5) is 0 Å². The number of aliphatic hydroxyl groups excluding tert-OH is 1. The lowest BCUT2D eigenvalue weighted by Crippen LogP contribution is -2.23. The summed E-state index contributed by atoms with van der Waals surface area (Å²) >= 11 is 0. The minimum Gasteiger partial charge on any atom is -0.491 e. The number of hydrogen-bond acceptors (Lipinski definition) is 5. The third-order valence-corrected chi connectivity index (χ3v) is 3.40. The van der Waals surface area contributed by atoms with Crippen LogP contribution in [0.25, 0.3) is 0 Å². The van der Waals surface area contributed by atoms with E-state index in [9.17, 15) is 5.11 Å². The van der Waals surface area contributed by atoms with Crippen LogP contribution in [0.3, 0.4) is 0 Å². The van der Waals surface area contributed by atoms with E-state index in [-0.39, 0.29) is 6.61 Å². The highest BCUT2D eigenvalue weighted by Crippen LogP contribution is 2.19. The fourth-order valence-corrected chi connectivity index (χ4v) is 2.18. The van der Waals surface area contributed by atoms with Gasteiger partial charge in [-0.1, -0.05) is 30.3 Å².